The first-order chi connectivity index (χ1) is 14.3. The van der Waals surface area contributed by atoms with E-state index < -0.39 is 0 Å². The van der Waals surface area contributed by atoms with Crippen molar-refractivity contribution in [2.75, 3.05) is 9.80 Å². The van der Waals surface area contributed by atoms with Crippen LogP contribution in [0.15, 0.2) is 60.7 Å². The van der Waals surface area contributed by atoms with Crippen molar-refractivity contribution in [3.05, 3.63) is 82.6 Å². The topological polar surface area (TPSA) is 49.3 Å². The molecule has 0 saturated carbocycles. The molecule has 2 aromatic carbocycles. The third-order valence-electron chi connectivity index (χ3n) is 5.13. The van der Waals surface area contributed by atoms with Crippen LogP contribution in [0.2, 0.25) is 5.28 Å². The molecule has 4 rings (SSSR count). The fraction of sp³-hybridized carbons (Fsp3) is 0.292. The van der Waals surface area contributed by atoms with E-state index in [1.165, 1.54) is 0 Å². The summed E-state index contributed by atoms with van der Waals surface area (Å²) in [6.45, 7) is 7.31. The monoisotopic (exact) mass is 420 g/mol. The molecule has 1 amide bonds. The summed E-state index contributed by atoms with van der Waals surface area (Å²) >= 11 is 6.35. The van der Waals surface area contributed by atoms with Gasteiger partial charge < -0.3 is 4.90 Å². The van der Waals surface area contributed by atoms with Crippen molar-refractivity contribution in [3.63, 3.8) is 0 Å². The SMILES string of the molecule is CC(C)(C)N1C(=O)Cc2c(N(Cc3ccccc3)Cc3ccccc3)nc(Cl)nc21. The maximum Gasteiger partial charge on any atom is 0.233 e. The van der Waals surface area contributed by atoms with Crippen molar-refractivity contribution in [1.82, 2.24) is 9.97 Å². The van der Waals surface area contributed by atoms with E-state index in [1.54, 1.807) is 4.90 Å². The van der Waals surface area contributed by atoms with Gasteiger partial charge in [0.1, 0.15) is 11.6 Å². The zero-order chi connectivity index (χ0) is 21.3. The van der Waals surface area contributed by atoms with Gasteiger partial charge in [-0.3, -0.25) is 9.69 Å². The molecule has 0 N–H and O–H groups in total. The molecule has 1 aliphatic heterocycles. The van der Waals surface area contributed by atoms with Crippen LogP contribution in [0, 0.1) is 0 Å². The van der Waals surface area contributed by atoms with E-state index in [-0.39, 0.29) is 23.2 Å². The number of benzene rings is 2. The van der Waals surface area contributed by atoms with Crippen molar-refractivity contribution < 1.29 is 4.79 Å². The van der Waals surface area contributed by atoms with Gasteiger partial charge in [0, 0.05) is 24.2 Å². The second-order valence-electron chi connectivity index (χ2n) is 8.52. The lowest BCUT2D eigenvalue weighted by Crippen LogP contribution is -2.44. The van der Waals surface area contributed by atoms with Gasteiger partial charge in [-0.25, -0.2) is 4.98 Å². The van der Waals surface area contributed by atoms with E-state index in [0.717, 1.165) is 22.5 Å². The number of rotatable bonds is 5. The van der Waals surface area contributed by atoms with Gasteiger partial charge in [0.15, 0.2) is 0 Å². The molecule has 0 radical (unpaired) electrons. The van der Waals surface area contributed by atoms with Crippen LogP contribution < -0.4 is 9.80 Å². The van der Waals surface area contributed by atoms with Gasteiger partial charge >= 0.3 is 0 Å². The summed E-state index contributed by atoms with van der Waals surface area (Å²) < 4.78 is 0. The number of anilines is 2. The first kappa shape index (κ1) is 20.4. The van der Waals surface area contributed by atoms with Crippen LogP contribution in [0.5, 0.6) is 0 Å². The minimum atomic E-state index is -0.388. The molecule has 1 aliphatic rings. The summed E-state index contributed by atoms with van der Waals surface area (Å²) in [5.74, 6) is 1.36. The predicted molar refractivity (Wildman–Crippen MR) is 121 cm³/mol. The Bertz CT molecular complexity index is 1010. The van der Waals surface area contributed by atoms with E-state index in [2.05, 4.69) is 39.1 Å². The molecule has 5 nitrogen and oxygen atoms in total. The molecule has 0 unspecified atom stereocenters. The third-order valence-corrected chi connectivity index (χ3v) is 5.30. The smallest absolute Gasteiger partial charge is 0.233 e. The Morgan fingerprint density at radius 1 is 0.933 bits per heavy atom. The zero-order valence-electron chi connectivity index (χ0n) is 17.5. The molecule has 0 saturated heterocycles. The Kier molecular flexibility index (Phi) is 5.48. The highest BCUT2D eigenvalue weighted by Crippen LogP contribution is 2.39. The summed E-state index contributed by atoms with van der Waals surface area (Å²) in [6.07, 6.45) is 0.277. The fourth-order valence-electron chi connectivity index (χ4n) is 3.89. The number of hydrogen-bond donors (Lipinski definition) is 0. The van der Waals surface area contributed by atoms with Crippen molar-refractivity contribution in [3.8, 4) is 0 Å². The molecule has 154 valence electrons. The molecular formula is C24H25ClN4O. The summed E-state index contributed by atoms with van der Waals surface area (Å²) in [4.78, 5) is 25.8. The number of fused-ring (bicyclic) bond motifs is 1. The summed E-state index contributed by atoms with van der Waals surface area (Å²) in [7, 11) is 0. The van der Waals surface area contributed by atoms with E-state index >= 15 is 0 Å². The predicted octanol–water partition coefficient (Wildman–Crippen LogP) is 5.02. The second-order valence-corrected chi connectivity index (χ2v) is 8.86. The Morgan fingerprint density at radius 3 is 1.97 bits per heavy atom. The maximum absolute atomic E-state index is 12.9. The largest absolute Gasteiger partial charge is 0.348 e. The molecule has 0 fully saturated rings. The van der Waals surface area contributed by atoms with E-state index in [0.29, 0.717) is 18.9 Å². The molecule has 0 spiro atoms. The fourth-order valence-corrected chi connectivity index (χ4v) is 4.05. The number of carbonyl (C=O) groups excluding carboxylic acids is 1. The summed E-state index contributed by atoms with van der Waals surface area (Å²) in [5, 5.41) is 0.152. The molecular weight excluding hydrogens is 396 g/mol. The van der Waals surface area contributed by atoms with Crippen LogP contribution in [-0.2, 0) is 24.3 Å². The standard InChI is InChI=1S/C24H25ClN4O/c1-24(2,3)29-20(30)14-19-21(26-23(25)27-22(19)29)28(15-17-10-6-4-7-11-17)16-18-12-8-5-9-13-18/h4-13H,14-16H2,1-3H3. The highest BCUT2D eigenvalue weighted by Gasteiger charge is 2.39. The molecule has 0 atom stereocenters. The Morgan fingerprint density at radius 2 is 1.47 bits per heavy atom. The quantitative estimate of drug-likeness (QED) is 0.543. The molecule has 3 aromatic rings. The van der Waals surface area contributed by atoms with Gasteiger partial charge in [-0.15, -0.1) is 0 Å². The second kappa shape index (κ2) is 8.07. The number of hydrogen-bond acceptors (Lipinski definition) is 4. The minimum Gasteiger partial charge on any atom is -0.348 e. The lowest BCUT2D eigenvalue weighted by Gasteiger charge is -2.32. The lowest BCUT2D eigenvalue weighted by molar-refractivity contribution is -0.118. The number of aromatic nitrogens is 2. The van der Waals surface area contributed by atoms with Crippen LogP contribution in [0.25, 0.3) is 0 Å². The van der Waals surface area contributed by atoms with E-state index in [4.69, 9.17) is 11.6 Å². The average Bonchev–Trinajstić information content (AvgIpc) is 3.04. The Labute approximate surface area is 182 Å². The third kappa shape index (κ3) is 4.17. The van der Waals surface area contributed by atoms with Crippen molar-refractivity contribution in [2.45, 2.75) is 45.8 Å². The van der Waals surface area contributed by atoms with Crippen LogP contribution >= 0.6 is 11.6 Å². The van der Waals surface area contributed by atoms with Gasteiger partial charge in [-0.1, -0.05) is 60.7 Å². The van der Waals surface area contributed by atoms with Crippen LogP contribution in [0.4, 0.5) is 11.6 Å². The molecule has 30 heavy (non-hydrogen) atoms. The highest BCUT2D eigenvalue weighted by atomic mass is 35.5. The van der Waals surface area contributed by atoms with Crippen LogP contribution in [-0.4, -0.2) is 21.4 Å². The number of halogens is 1. The summed E-state index contributed by atoms with van der Waals surface area (Å²) in [6, 6.07) is 20.5. The van der Waals surface area contributed by atoms with E-state index in [9.17, 15) is 4.79 Å². The minimum absolute atomic E-state index is 0.0229. The molecule has 0 bridgehead atoms. The normalized spacial score (nSPS) is 13.5. The first-order valence-corrected chi connectivity index (χ1v) is 10.4. The van der Waals surface area contributed by atoms with Crippen LogP contribution in [0.3, 0.4) is 0 Å². The first-order valence-electron chi connectivity index (χ1n) is 10.0. The van der Waals surface area contributed by atoms with Gasteiger partial charge in [-0.05, 0) is 43.5 Å². The Hall–Kier alpha value is -2.92. The molecule has 6 heteroatoms. The van der Waals surface area contributed by atoms with Gasteiger partial charge in [0.25, 0.3) is 0 Å². The van der Waals surface area contributed by atoms with Crippen molar-refractivity contribution in [1.29, 1.82) is 0 Å². The number of amides is 1. The average molecular weight is 421 g/mol. The summed E-state index contributed by atoms with van der Waals surface area (Å²) in [5.41, 5.74) is 2.77. The molecule has 0 aliphatic carbocycles. The lowest BCUT2D eigenvalue weighted by atomic mass is 10.1. The van der Waals surface area contributed by atoms with Gasteiger partial charge in [-0.2, -0.15) is 4.98 Å². The maximum atomic E-state index is 12.9. The number of nitrogens with zero attached hydrogens (tertiary/aromatic N) is 4. The van der Waals surface area contributed by atoms with Crippen molar-refractivity contribution in [2.24, 2.45) is 0 Å². The van der Waals surface area contributed by atoms with Crippen LogP contribution in [0.1, 0.15) is 37.5 Å². The zero-order valence-corrected chi connectivity index (χ0v) is 18.2. The number of carbonyl (C=O) groups is 1. The van der Waals surface area contributed by atoms with Crippen molar-refractivity contribution >= 4 is 29.1 Å². The molecule has 1 aromatic heterocycles. The highest BCUT2D eigenvalue weighted by molar-refractivity contribution is 6.28. The van der Waals surface area contributed by atoms with Gasteiger partial charge in [0.2, 0.25) is 11.2 Å². The van der Waals surface area contributed by atoms with E-state index in [1.807, 2.05) is 57.2 Å². The van der Waals surface area contributed by atoms with Gasteiger partial charge in [0.05, 0.1) is 6.42 Å². The Balaban J connectivity index is 1.80. The molecule has 2 heterocycles.